The average molecular weight is 253 g/mol. The van der Waals surface area contributed by atoms with Crippen LogP contribution in [0.25, 0.3) is 0 Å². The first-order chi connectivity index (χ1) is 8.08. The monoisotopic (exact) mass is 253 g/mol. The summed E-state index contributed by atoms with van der Waals surface area (Å²) in [4.78, 5) is 4.01. The van der Waals surface area contributed by atoms with Crippen LogP contribution in [0.5, 0.6) is 0 Å². The molecular formula is C9H9BFN3O2S. The average Bonchev–Trinajstić information content (AvgIpc) is 2.30. The molecule has 8 heteroatoms. The van der Waals surface area contributed by atoms with Crippen molar-refractivity contribution in [3.8, 4) is 6.19 Å². The van der Waals surface area contributed by atoms with E-state index in [0.29, 0.717) is 10.9 Å². The van der Waals surface area contributed by atoms with Gasteiger partial charge in [-0.2, -0.15) is 5.26 Å². The molecule has 3 N–H and O–H groups in total. The number of nitrogens with zero attached hydrogens (tertiary/aromatic N) is 2. The normalized spacial score (nSPS) is 10.9. The van der Waals surface area contributed by atoms with E-state index < -0.39 is 12.9 Å². The molecule has 0 fully saturated rings. The Morgan fingerprint density at radius 1 is 1.59 bits per heavy atom. The molecule has 1 aromatic rings. The Bertz CT molecular complexity index is 476. The van der Waals surface area contributed by atoms with E-state index in [1.807, 2.05) is 0 Å². The molecule has 0 saturated carbocycles. The highest BCUT2D eigenvalue weighted by Gasteiger charge is 2.16. The summed E-state index contributed by atoms with van der Waals surface area (Å²) in [6, 6.07) is 3.66. The summed E-state index contributed by atoms with van der Waals surface area (Å²) in [5, 5.41) is 28.9. The van der Waals surface area contributed by atoms with Crippen molar-refractivity contribution >= 4 is 35.2 Å². The highest BCUT2D eigenvalue weighted by atomic mass is 32.2. The Morgan fingerprint density at radius 2 is 2.29 bits per heavy atom. The number of amidine groups is 1. The molecule has 17 heavy (non-hydrogen) atoms. The molecule has 1 rings (SSSR count). The first kappa shape index (κ1) is 13.5. The van der Waals surface area contributed by atoms with Crippen LogP contribution in [0.4, 0.5) is 10.1 Å². The van der Waals surface area contributed by atoms with Gasteiger partial charge in [0.2, 0.25) is 0 Å². The fraction of sp³-hybridized carbons (Fsp3) is 0.111. The van der Waals surface area contributed by atoms with Gasteiger partial charge in [0.15, 0.2) is 11.4 Å². The summed E-state index contributed by atoms with van der Waals surface area (Å²) in [5.41, 5.74) is 0.0604. The number of halogens is 1. The molecule has 0 amide bonds. The Balaban J connectivity index is 3.08. The lowest BCUT2D eigenvalue weighted by molar-refractivity contribution is 0.423. The minimum atomic E-state index is -1.90. The van der Waals surface area contributed by atoms with Crippen LogP contribution >= 0.6 is 11.8 Å². The fourth-order valence-corrected chi connectivity index (χ4v) is 1.43. The van der Waals surface area contributed by atoms with Gasteiger partial charge < -0.3 is 10.0 Å². The van der Waals surface area contributed by atoms with E-state index in [2.05, 4.69) is 10.3 Å². The summed E-state index contributed by atoms with van der Waals surface area (Å²) in [5.74, 6) is -0.724. The molecule has 0 aliphatic carbocycles. The maximum atomic E-state index is 13.1. The van der Waals surface area contributed by atoms with Gasteiger partial charge in [0.05, 0.1) is 5.69 Å². The standard InChI is InChI=1S/C9H9BFN3O2S/c1-17-9(13-5-12)14-6-2-3-8(11)7(4-6)10(15)16/h2-4,15-16H,1H3,(H,13,14). The zero-order chi connectivity index (χ0) is 12.8. The van der Waals surface area contributed by atoms with Crippen molar-refractivity contribution in [1.82, 2.24) is 5.32 Å². The number of aliphatic imine (C=N–C) groups is 1. The maximum Gasteiger partial charge on any atom is 0.491 e. The predicted octanol–water partition coefficient (Wildman–Crippen LogP) is -0.0733. The van der Waals surface area contributed by atoms with Crippen molar-refractivity contribution in [3.63, 3.8) is 0 Å². The molecule has 0 bridgehead atoms. The first-order valence-corrected chi connectivity index (χ1v) is 5.74. The van der Waals surface area contributed by atoms with Crippen molar-refractivity contribution in [3.05, 3.63) is 24.0 Å². The van der Waals surface area contributed by atoms with Crippen molar-refractivity contribution in [2.75, 3.05) is 6.26 Å². The highest BCUT2D eigenvalue weighted by Crippen LogP contribution is 2.13. The lowest BCUT2D eigenvalue weighted by Crippen LogP contribution is -2.32. The third-order valence-corrected chi connectivity index (χ3v) is 2.42. The van der Waals surface area contributed by atoms with Crippen LogP contribution in [0, 0.1) is 17.3 Å². The molecule has 0 atom stereocenters. The zero-order valence-corrected chi connectivity index (χ0v) is 9.70. The van der Waals surface area contributed by atoms with E-state index in [-0.39, 0.29) is 5.46 Å². The number of hydrogen-bond donors (Lipinski definition) is 3. The van der Waals surface area contributed by atoms with Gasteiger partial charge in [0, 0.05) is 5.46 Å². The second-order valence-electron chi connectivity index (χ2n) is 2.94. The molecule has 0 radical (unpaired) electrons. The highest BCUT2D eigenvalue weighted by molar-refractivity contribution is 8.13. The van der Waals surface area contributed by atoms with E-state index in [1.165, 1.54) is 23.9 Å². The summed E-state index contributed by atoms with van der Waals surface area (Å²) >= 11 is 1.21. The molecule has 0 unspecified atom stereocenters. The molecule has 0 saturated heterocycles. The molecule has 0 aliphatic rings. The van der Waals surface area contributed by atoms with Crippen LogP contribution in [-0.2, 0) is 0 Å². The number of rotatable bonds is 2. The molecule has 0 aliphatic heterocycles. The van der Waals surface area contributed by atoms with Crippen LogP contribution in [-0.4, -0.2) is 28.6 Å². The van der Waals surface area contributed by atoms with Crippen LogP contribution in [0.3, 0.4) is 0 Å². The number of nitrogens with one attached hydrogen (secondary N) is 1. The molecular weight excluding hydrogens is 244 g/mol. The topological polar surface area (TPSA) is 88.6 Å². The van der Waals surface area contributed by atoms with E-state index in [4.69, 9.17) is 15.3 Å². The molecule has 1 aromatic carbocycles. The number of thioether (sulfide) groups is 1. The zero-order valence-electron chi connectivity index (χ0n) is 8.88. The Kier molecular flexibility index (Phi) is 4.96. The Hall–Kier alpha value is -1.56. The number of nitriles is 1. The van der Waals surface area contributed by atoms with E-state index in [0.717, 1.165) is 6.07 Å². The summed E-state index contributed by atoms with van der Waals surface area (Å²) in [6.07, 6.45) is 3.43. The summed E-state index contributed by atoms with van der Waals surface area (Å²) in [7, 11) is -1.90. The van der Waals surface area contributed by atoms with Gasteiger partial charge in [0.25, 0.3) is 0 Å². The smallest absolute Gasteiger partial charge is 0.423 e. The molecule has 0 heterocycles. The van der Waals surface area contributed by atoms with E-state index in [9.17, 15) is 4.39 Å². The van der Waals surface area contributed by atoms with Crippen LogP contribution in [0.15, 0.2) is 23.2 Å². The van der Waals surface area contributed by atoms with Gasteiger partial charge in [-0.15, -0.1) is 0 Å². The van der Waals surface area contributed by atoms with Crippen molar-refractivity contribution in [2.24, 2.45) is 4.99 Å². The van der Waals surface area contributed by atoms with Gasteiger partial charge in [-0.3, -0.25) is 5.32 Å². The number of benzene rings is 1. The summed E-state index contributed by atoms with van der Waals surface area (Å²) < 4.78 is 13.1. The fourth-order valence-electron chi connectivity index (χ4n) is 1.09. The van der Waals surface area contributed by atoms with Crippen molar-refractivity contribution < 1.29 is 14.4 Å². The van der Waals surface area contributed by atoms with Crippen LogP contribution in [0.2, 0.25) is 0 Å². The van der Waals surface area contributed by atoms with Gasteiger partial charge in [0.1, 0.15) is 5.82 Å². The quantitative estimate of drug-likeness (QED) is 0.226. The Labute approximate surface area is 102 Å². The van der Waals surface area contributed by atoms with Gasteiger partial charge in [-0.25, -0.2) is 9.38 Å². The largest absolute Gasteiger partial charge is 0.491 e. The van der Waals surface area contributed by atoms with Gasteiger partial charge >= 0.3 is 7.12 Å². The lowest BCUT2D eigenvalue weighted by atomic mass is 9.80. The third-order valence-electron chi connectivity index (χ3n) is 1.84. The van der Waals surface area contributed by atoms with Crippen molar-refractivity contribution in [1.29, 1.82) is 5.26 Å². The second-order valence-corrected chi connectivity index (χ2v) is 3.73. The lowest BCUT2D eigenvalue weighted by Gasteiger charge is -2.04. The maximum absolute atomic E-state index is 13.1. The van der Waals surface area contributed by atoms with E-state index in [1.54, 1.807) is 12.4 Å². The number of hydrogen-bond acceptors (Lipinski definition) is 5. The molecule has 5 nitrogen and oxygen atoms in total. The van der Waals surface area contributed by atoms with Crippen LogP contribution in [0.1, 0.15) is 0 Å². The Morgan fingerprint density at radius 3 is 2.82 bits per heavy atom. The van der Waals surface area contributed by atoms with E-state index >= 15 is 0 Å². The first-order valence-electron chi connectivity index (χ1n) is 4.52. The molecule has 0 spiro atoms. The van der Waals surface area contributed by atoms with Gasteiger partial charge in [-0.1, -0.05) is 11.8 Å². The van der Waals surface area contributed by atoms with Crippen LogP contribution < -0.4 is 10.8 Å². The third kappa shape index (κ3) is 3.74. The minimum Gasteiger partial charge on any atom is -0.423 e. The molecule has 0 aromatic heterocycles. The predicted molar refractivity (Wildman–Crippen MR) is 65.6 cm³/mol. The van der Waals surface area contributed by atoms with Crippen molar-refractivity contribution in [2.45, 2.75) is 0 Å². The van der Waals surface area contributed by atoms with Gasteiger partial charge in [-0.05, 0) is 24.5 Å². The minimum absolute atomic E-state index is 0.260. The SMILES string of the molecule is CSC(=Nc1ccc(F)c(B(O)O)c1)NC#N. The molecule has 88 valence electrons. The second kappa shape index (κ2) is 6.25. The summed E-state index contributed by atoms with van der Waals surface area (Å²) in [6.45, 7) is 0.